The van der Waals surface area contributed by atoms with Gasteiger partial charge < -0.3 is 20.8 Å². The summed E-state index contributed by atoms with van der Waals surface area (Å²) < 4.78 is 7.37. The number of amides is 1. The Morgan fingerprint density at radius 3 is 2.96 bits per heavy atom. The molecule has 1 aliphatic heterocycles. The maximum Gasteiger partial charge on any atom is 0.284 e. The van der Waals surface area contributed by atoms with Gasteiger partial charge in [0.05, 0.1) is 6.54 Å². The highest BCUT2D eigenvalue weighted by atomic mass is 16.3. The average Bonchev–Trinajstić information content (AvgIpc) is 3.26. The molecule has 0 radical (unpaired) electrons. The van der Waals surface area contributed by atoms with Gasteiger partial charge in [0.2, 0.25) is 0 Å². The number of furan rings is 1. The van der Waals surface area contributed by atoms with E-state index in [1.807, 2.05) is 11.6 Å². The Bertz CT molecular complexity index is 822. The molecule has 0 spiro atoms. The molecule has 2 aromatic rings. The molecular formula is C18H27N7O2. The van der Waals surface area contributed by atoms with Crippen LogP contribution in [0, 0.1) is 0 Å². The summed E-state index contributed by atoms with van der Waals surface area (Å²) in [6, 6.07) is 3.49. The van der Waals surface area contributed by atoms with E-state index in [9.17, 15) is 4.79 Å². The predicted molar refractivity (Wildman–Crippen MR) is 101 cm³/mol. The van der Waals surface area contributed by atoms with E-state index in [1.54, 1.807) is 12.1 Å². The number of primary amides is 1. The Balaban J connectivity index is 1.64. The number of aryl methyl sites for hydroxylation is 1. The van der Waals surface area contributed by atoms with Crippen molar-refractivity contribution >= 4 is 11.9 Å². The van der Waals surface area contributed by atoms with Crippen molar-refractivity contribution in [1.82, 2.24) is 25.4 Å². The maximum atomic E-state index is 11.1. The highest BCUT2D eigenvalue weighted by Crippen LogP contribution is 2.17. The summed E-state index contributed by atoms with van der Waals surface area (Å²) in [7, 11) is 0. The molecule has 0 fully saturated rings. The second-order valence-electron chi connectivity index (χ2n) is 6.93. The first kappa shape index (κ1) is 18.9. The van der Waals surface area contributed by atoms with Crippen molar-refractivity contribution in [3.8, 4) is 0 Å². The van der Waals surface area contributed by atoms with E-state index in [2.05, 4.69) is 39.6 Å². The third-order valence-corrected chi connectivity index (χ3v) is 4.37. The first-order valence-corrected chi connectivity index (χ1v) is 9.33. The lowest BCUT2D eigenvalue weighted by Gasteiger charge is -2.25. The van der Waals surface area contributed by atoms with E-state index in [4.69, 9.17) is 10.2 Å². The van der Waals surface area contributed by atoms with Gasteiger partial charge in [-0.2, -0.15) is 5.10 Å². The number of fused-ring (bicyclic) bond motifs is 1. The van der Waals surface area contributed by atoms with Crippen LogP contribution in [0.25, 0.3) is 0 Å². The van der Waals surface area contributed by atoms with Crippen LogP contribution in [0.3, 0.4) is 0 Å². The van der Waals surface area contributed by atoms with E-state index in [-0.39, 0.29) is 11.8 Å². The average molecular weight is 373 g/mol. The molecule has 0 saturated carbocycles. The summed E-state index contributed by atoms with van der Waals surface area (Å²) in [5.74, 6) is 3.12. The molecule has 1 atom stereocenters. The van der Waals surface area contributed by atoms with Crippen LogP contribution in [0.2, 0.25) is 0 Å². The molecule has 0 aromatic carbocycles. The Kier molecular flexibility index (Phi) is 5.78. The second kappa shape index (κ2) is 8.24. The van der Waals surface area contributed by atoms with Gasteiger partial charge in [0.15, 0.2) is 17.5 Å². The van der Waals surface area contributed by atoms with Crippen LogP contribution in [-0.2, 0) is 19.5 Å². The largest absolute Gasteiger partial charge is 0.454 e. The standard InChI is InChI=1S/C18H27N7O2/c1-4-20-18(21-9-13-6-7-14(27-13)16(19)26)22-12-5-8-15-23-17(11(2)3)24-25(15)10-12/h6-7,11-12H,4-5,8-10H2,1-3H3,(H2,19,26)(H2,20,21,22). The van der Waals surface area contributed by atoms with Gasteiger partial charge in [0.25, 0.3) is 5.91 Å². The molecular weight excluding hydrogens is 346 g/mol. The fraction of sp³-hybridized carbons (Fsp3) is 0.556. The van der Waals surface area contributed by atoms with Crippen molar-refractivity contribution in [2.24, 2.45) is 10.7 Å². The minimum atomic E-state index is -0.582. The van der Waals surface area contributed by atoms with Gasteiger partial charge in [-0.05, 0) is 25.5 Å². The van der Waals surface area contributed by atoms with Crippen LogP contribution in [-0.4, -0.2) is 39.2 Å². The normalized spacial score (nSPS) is 17.0. The number of carbonyl (C=O) groups excluding carboxylic acids is 1. The maximum absolute atomic E-state index is 11.1. The fourth-order valence-corrected chi connectivity index (χ4v) is 2.96. The molecule has 27 heavy (non-hydrogen) atoms. The molecule has 1 aliphatic rings. The van der Waals surface area contributed by atoms with Gasteiger partial charge in [-0.3, -0.25) is 4.79 Å². The van der Waals surface area contributed by atoms with Crippen LogP contribution >= 0.6 is 0 Å². The van der Waals surface area contributed by atoms with E-state index < -0.39 is 5.91 Å². The highest BCUT2D eigenvalue weighted by molar-refractivity contribution is 5.89. The Morgan fingerprint density at radius 1 is 1.48 bits per heavy atom. The van der Waals surface area contributed by atoms with E-state index in [0.29, 0.717) is 24.2 Å². The van der Waals surface area contributed by atoms with E-state index in [0.717, 1.165) is 37.6 Å². The lowest BCUT2D eigenvalue weighted by Crippen LogP contribution is -2.47. The summed E-state index contributed by atoms with van der Waals surface area (Å²) in [4.78, 5) is 20.3. The Morgan fingerprint density at radius 2 is 2.30 bits per heavy atom. The number of rotatable bonds is 6. The van der Waals surface area contributed by atoms with Crippen molar-refractivity contribution in [3.05, 3.63) is 35.3 Å². The molecule has 2 aromatic heterocycles. The van der Waals surface area contributed by atoms with Gasteiger partial charge >= 0.3 is 0 Å². The zero-order valence-corrected chi connectivity index (χ0v) is 16.0. The molecule has 3 heterocycles. The number of carbonyl (C=O) groups is 1. The Hall–Kier alpha value is -2.84. The van der Waals surface area contributed by atoms with Crippen molar-refractivity contribution in [2.75, 3.05) is 6.54 Å². The first-order chi connectivity index (χ1) is 13.0. The lowest BCUT2D eigenvalue weighted by molar-refractivity contribution is 0.0972. The molecule has 4 N–H and O–H groups in total. The van der Waals surface area contributed by atoms with Crippen LogP contribution in [0.5, 0.6) is 0 Å². The number of hydrogen-bond acceptors (Lipinski definition) is 5. The van der Waals surface area contributed by atoms with Crippen LogP contribution in [0.4, 0.5) is 0 Å². The van der Waals surface area contributed by atoms with E-state index >= 15 is 0 Å². The number of aliphatic imine (C=N–C) groups is 1. The molecule has 0 aliphatic carbocycles. The van der Waals surface area contributed by atoms with Gasteiger partial charge in [0, 0.05) is 24.9 Å². The van der Waals surface area contributed by atoms with Crippen molar-refractivity contribution < 1.29 is 9.21 Å². The molecule has 9 heteroatoms. The SMILES string of the molecule is CCNC(=NCc1ccc(C(N)=O)o1)NC1CCc2nc(C(C)C)nn2C1. The fourth-order valence-electron chi connectivity index (χ4n) is 2.96. The van der Waals surface area contributed by atoms with Crippen LogP contribution < -0.4 is 16.4 Å². The van der Waals surface area contributed by atoms with Gasteiger partial charge in [0.1, 0.15) is 18.1 Å². The molecule has 1 unspecified atom stereocenters. The van der Waals surface area contributed by atoms with Gasteiger partial charge in [-0.1, -0.05) is 13.8 Å². The Labute approximate surface area is 158 Å². The third kappa shape index (κ3) is 4.66. The minimum absolute atomic E-state index is 0.144. The number of nitrogens with zero attached hydrogens (tertiary/aromatic N) is 4. The number of hydrogen-bond donors (Lipinski definition) is 3. The second-order valence-corrected chi connectivity index (χ2v) is 6.93. The zero-order chi connectivity index (χ0) is 19.4. The summed E-state index contributed by atoms with van der Waals surface area (Å²) in [5.41, 5.74) is 5.21. The molecule has 1 amide bonds. The minimum Gasteiger partial charge on any atom is -0.454 e. The smallest absolute Gasteiger partial charge is 0.284 e. The predicted octanol–water partition coefficient (Wildman–Crippen LogP) is 1.16. The van der Waals surface area contributed by atoms with Gasteiger partial charge in [-0.15, -0.1) is 0 Å². The van der Waals surface area contributed by atoms with Crippen LogP contribution in [0.15, 0.2) is 21.5 Å². The topological polar surface area (TPSA) is 123 Å². The summed E-state index contributed by atoms with van der Waals surface area (Å²) in [6.45, 7) is 8.04. The molecule has 3 rings (SSSR count). The van der Waals surface area contributed by atoms with Crippen molar-refractivity contribution in [1.29, 1.82) is 0 Å². The summed E-state index contributed by atoms with van der Waals surface area (Å²) >= 11 is 0. The van der Waals surface area contributed by atoms with Crippen LogP contribution in [0.1, 0.15) is 61.1 Å². The monoisotopic (exact) mass is 373 g/mol. The summed E-state index contributed by atoms with van der Waals surface area (Å²) in [6.07, 6.45) is 1.85. The first-order valence-electron chi connectivity index (χ1n) is 9.33. The number of aromatic nitrogens is 3. The van der Waals surface area contributed by atoms with Crippen molar-refractivity contribution in [3.63, 3.8) is 0 Å². The summed E-state index contributed by atoms with van der Waals surface area (Å²) in [5, 5.41) is 11.3. The zero-order valence-electron chi connectivity index (χ0n) is 16.0. The highest BCUT2D eigenvalue weighted by Gasteiger charge is 2.23. The lowest BCUT2D eigenvalue weighted by atomic mass is 10.1. The van der Waals surface area contributed by atoms with Gasteiger partial charge in [-0.25, -0.2) is 14.7 Å². The number of nitrogens with one attached hydrogen (secondary N) is 2. The third-order valence-electron chi connectivity index (χ3n) is 4.37. The quantitative estimate of drug-likeness (QED) is 0.516. The number of guanidine groups is 1. The molecule has 146 valence electrons. The van der Waals surface area contributed by atoms with Crippen molar-refractivity contribution in [2.45, 2.75) is 58.7 Å². The molecule has 0 bridgehead atoms. The van der Waals surface area contributed by atoms with E-state index in [1.165, 1.54) is 0 Å². The number of nitrogens with two attached hydrogens (primary N) is 1. The molecule has 9 nitrogen and oxygen atoms in total. The molecule has 0 saturated heterocycles.